The molecule has 2 N–H and O–H groups in total. The van der Waals surface area contributed by atoms with Crippen LogP contribution in [0.3, 0.4) is 0 Å². The third-order valence-corrected chi connectivity index (χ3v) is 4.13. The third kappa shape index (κ3) is 3.57. The predicted octanol–water partition coefficient (Wildman–Crippen LogP) is 2.99. The standard InChI is InChI=1S/C16H23NO2/c1-2-13-5-3-4-6-15(13)17-16(19)14-9-7-12(11-18)8-10-14/h3-6,12,14,18H,2,7-11H2,1H3,(H,17,19). The summed E-state index contributed by atoms with van der Waals surface area (Å²) in [6.07, 6.45) is 4.64. The average Bonchev–Trinajstić information content (AvgIpc) is 2.48. The summed E-state index contributed by atoms with van der Waals surface area (Å²) < 4.78 is 0. The predicted molar refractivity (Wildman–Crippen MR) is 77.0 cm³/mol. The van der Waals surface area contributed by atoms with E-state index in [1.165, 1.54) is 5.56 Å². The van der Waals surface area contributed by atoms with Gasteiger partial charge in [0, 0.05) is 18.2 Å². The lowest BCUT2D eigenvalue weighted by atomic mass is 9.82. The maximum atomic E-state index is 12.3. The molecule has 0 aliphatic heterocycles. The number of aryl methyl sites for hydroxylation is 1. The number of aliphatic hydroxyl groups excluding tert-OH is 1. The van der Waals surface area contributed by atoms with Crippen LogP contribution in [0, 0.1) is 11.8 Å². The number of benzene rings is 1. The number of carbonyl (C=O) groups excluding carboxylic acids is 1. The summed E-state index contributed by atoms with van der Waals surface area (Å²) in [7, 11) is 0. The Balaban J connectivity index is 1.94. The van der Waals surface area contributed by atoms with Gasteiger partial charge >= 0.3 is 0 Å². The molecule has 1 amide bonds. The molecule has 0 radical (unpaired) electrons. The Morgan fingerprint density at radius 1 is 1.26 bits per heavy atom. The van der Waals surface area contributed by atoms with Gasteiger partial charge in [0.25, 0.3) is 0 Å². The number of aliphatic hydroxyl groups is 1. The molecule has 1 aromatic carbocycles. The molecule has 0 spiro atoms. The first-order valence-corrected chi connectivity index (χ1v) is 7.24. The summed E-state index contributed by atoms with van der Waals surface area (Å²) >= 11 is 0. The van der Waals surface area contributed by atoms with Gasteiger partial charge in [-0.25, -0.2) is 0 Å². The summed E-state index contributed by atoms with van der Waals surface area (Å²) in [5.41, 5.74) is 2.12. The van der Waals surface area contributed by atoms with Crippen LogP contribution in [-0.2, 0) is 11.2 Å². The molecule has 19 heavy (non-hydrogen) atoms. The minimum Gasteiger partial charge on any atom is -0.396 e. The van der Waals surface area contributed by atoms with Crippen LogP contribution in [0.1, 0.15) is 38.2 Å². The van der Waals surface area contributed by atoms with Crippen LogP contribution in [0.4, 0.5) is 5.69 Å². The molecule has 1 aromatic rings. The van der Waals surface area contributed by atoms with Crippen molar-refractivity contribution < 1.29 is 9.90 Å². The van der Waals surface area contributed by atoms with Crippen molar-refractivity contribution in [3.63, 3.8) is 0 Å². The number of hydrogen-bond donors (Lipinski definition) is 2. The van der Waals surface area contributed by atoms with Crippen LogP contribution in [0.5, 0.6) is 0 Å². The van der Waals surface area contributed by atoms with E-state index in [2.05, 4.69) is 18.3 Å². The second kappa shape index (κ2) is 6.71. The minimum absolute atomic E-state index is 0.104. The molecule has 1 fully saturated rings. The van der Waals surface area contributed by atoms with E-state index < -0.39 is 0 Å². The summed E-state index contributed by atoms with van der Waals surface area (Å²) in [5, 5.41) is 12.2. The Hall–Kier alpha value is -1.35. The summed E-state index contributed by atoms with van der Waals surface area (Å²) in [4.78, 5) is 12.3. The summed E-state index contributed by atoms with van der Waals surface area (Å²) in [6.45, 7) is 2.35. The summed E-state index contributed by atoms with van der Waals surface area (Å²) in [5.74, 6) is 0.636. The number of nitrogens with one attached hydrogen (secondary N) is 1. The van der Waals surface area contributed by atoms with E-state index in [0.29, 0.717) is 5.92 Å². The molecule has 1 aliphatic rings. The average molecular weight is 261 g/mol. The van der Waals surface area contributed by atoms with E-state index in [1.807, 2.05) is 18.2 Å². The molecule has 104 valence electrons. The highest BCUT2D eigenvalue weighted by atomic mass is 16.3. The van der Waals surface area contributed by atoms with Crippen molar-refractivity contribution in [2.45, 2.75) is 39.0 Å². The first-order chi connectivity index (χ1) is 9.24. The zero-order valence-electron chi connectivity index (χ0n) is 11.6. The first-order valence-electron chi connectivity index (χ1n) is 7.24. The number of anilines is 1. The molecule has 0 bridgehead atoms. The fourth-order valence-corrected chi connectivity index (χ4v) is 2.79. The highest BCUT2D eigenvalue weighted by Gasteiger charge is 2.26. The largest absolute Gasteiger partial charge is 0.396 e. The van der Waals surface area contributed by atoms with Gasteiger partial charge in [-0.05, 0) is 49.7 Å². The number of para-hydroxylation sites is 1. The van der Waals surface area contributed by atoms with Gasteiger partial charge < -0.3 is 10.4 Å². The molecule has 0 heterocycles. The van der Waals surface area contributed by atoms with Crippen molar-refractivity contribution in [1.29, 1.82) is 0 Å². The highest BCUT2D eigenvalue weighted by Crippen LogP contribution is 2.29. The number of amides is 1. The normalized spacial score (nSPS) is 23.1. The van der Waals surface area contributed by atoms with Gasteiger partial charge in [0.15, 0.2) is 0 Å². The first kappa shape index (κ1) is 14.1. The van der Waals surface area contributed by atoms with Crippen LogP contribution in [-0.4, -0.2) is 17.6 Å². The van der Waals surface area contributed by atoms with Gasteiger partial charge in [-0.15, -0.1) is 0 Å². The third-order valence-electron chi connectivity index (χ3n) is 4.13. The van der Waals surface area contributed by atoms with Crippen molar-refractivity contribution in [1.82, 2.24) is 0 Å². The number of rotatable bonds is 4. The Morgan fingerprint density at radius 2 is 1.95 bits per heavy atom. The van der Waals surface area contributed by atoms with Crippen molar-refractivity contribution in [2.24, 2.45) is 11.8 Å². The quantitative estimate of drug-likeness (QED) is 0.875. The fraction of sp³-hybridized carbons (Fsp3) is 0.562. The van der Waals surface area contributed by atoms with Crippen molar-refractivity contribution in [2.75, 3.05) is 11.9 Å². The van der Waals surface area contributed by atoms with E-state index >= 15 is 0 Å². The molecule has 1 saturated carbocycles. The van der Waals surface area contributed by atoms with Crippen molar-refractivity contribution >= 4 is 11.6 Å². The van der Waals surface area contributed by atoms with Crippen LogP contribution in [0.2, 0.25) is 0 Å². The van der Waals surface area contributed by atoms with Gasteiger partial charge in [0.2, 0.25) is 5.91 Å². The van der Waals surface area contributed by atoms with Crippen LogP contribution < -0.4 is 5.32 Å². The van der Waals surface area contributed by atoms with Gasteiger partial charge in [-0.3, -0.25) is 4.79 Å². The molecule has 2 rings (SSSR count). The zero-order chi connectivity index (χ0) is 13.7. The molecule has 3 heteroatoms. The smallest absolute Gasteiger partial charge is 0.227 e. The minimum atomic E-state index is 0.104. The lowest BCUT2D eigenvalue weighted by Gasteiger charge is -2.26. The molecule has 0 atom stereocenters. The van der Waals surface area contributed by atoms with E-state index in [9.17, 15) is 4.79 Å². The molecule has 0 saturated heterocycles. The molecule has 0 unspecified atom stereocenters. The van der Waals surface area contributed by atoms with Crippen molar-refractivity contribution in [3.8, 4) is 0 Å². The van der Waals surface area contributed by atoms with E-state index in [-0.39, 0.29) is 18.4 Å². The van der Waals surface area contributed by atoms with Gasteiger partial charge in [-0.2, -0.15) is 0 Å². The zero-order valence-corrected chi connectivity index (χ0v) is 11.6. The summed E-state index contributed by atoms with van der Waals surface area (Å²) in [6, 6.07) is 7.98. The van der Waals surface area contributed by atoms with Crippen LogP contribution in [0.25, 0.3) is 0 Å². The van der Waals surface area contributed by atoms with Gasteiger partial charge in [0.1, 0.15) is 0 Å². The van der Waals surface area contributed by atoms with Crippen molar-refractivity contribution in [3.05, 3.63) is 29.8 Å². The second-order valence-corrected chi connectivity index (χ2v) is 5.40. The number of hydrogen-bond acceptors (Lipinski definition) is 2. The molecular weight excluding hydrogens is 238 g/mol. The Bertz CT molecular complexity index is 423. The Morgan fingerprint density at radius 3 is 2.58 bits per heavy atom. The maximum Gasteiger partial charge on any atom is 0.227 e. The van der Waals surface area contributed by atoms with Gasteiger partial charge in [0.05, 0.1) is 0 Å². The lowest BCUT2D eigenvalue weighted by Crippen LogP contribution is -2.28. The SMILES string of the molecule is CCc1ccccc1NC(=O)C1CCC(CO)CC1. The molecule has 0 aromatic heterocycles. The topological polar surface area (TPSA) is 49.3 Å². The molecular formula is C16H23NO2. The lowest BCUT2D eigenvalue weighted by molar-refractivity contribution is -0.121. The van der Waals surface area contributed by atoms with Crippen LogP contribution in [0.15, 0.2) is 24.3 Å². The Labute approximate surface area is 115 Å². The van der Waals surface area contributed by atoms with Crippen LogP contribution >= 0.6 is 0 Å². The molecule has 1 aliphatic carbocycles. The maximum absolute atomic E-state index is 12.3. The fourth-order valence-electron chi connectivity index (χ4n) is 2.79. The van der Waals surface area contributed by atoms with Gasteiger partial charge in [-0.1, -0.05) is 25.1 Å². The van der Waals surface area contributed by atoms with E-state index in [4.69, 9.17) is 5.11 Å². The number of carbonyl (C=O) groups is 1. The van der Waals surface area contributed by atoms with E-state index in [0.717, 1.165) is 37.8 Å². The van der Waals surface area contributed by atoms with E-state index in [1.54, 1.807) is 0 Å². The Kier molecular flexibility index (Phi) is 4.97. The highest BCUT2D eigenvalue weighted by molar-refractivity contribution is 5.93. The molecule has 3 nitrogen and oxygen atoms in total. The monoisotopic (exact) mass is 261 g/mol. The second-order valence-electron chi connectivity index (χ2n) is 5.40.